The summed E-state index contributed by atoms with van der Waals surface area (Å²) in [6.45, 7) is 9.16. The SMILES string of the molecule is Cc1cc(N)ccc1O.Cc1cc(N=Nc2ccc(O)cc2C)ccc1O.Cc1cc([N+]#N)ccc1O.Cc1cccc(O)c1.O=N[O-].[Na+].[Na+].[OH-]. The fourth-order valence-corrected chi connectivity index (χ4v) is 3.57. The van der Waals surface area contributed by atoms with Gasteiger partial charge in [-0.2, -0.15) is 10.2 Å². The summed E-state index contributed by atoms with van der Waals surface area (Å²) in [5.74, 6) is 1.31. The Morgan fingerprint density at radius 1 is 0.627 bits per heavy atom. The summed E-state index contributed by atoms with van der Waals surface area (Å²) in [4.78, 5) is 11.0. The molecule has 0 unspecified atom stereocenters. The zero-order chi connectivity index (χ0) is 36.2. The number of nitrogens with zero attached hydrogens (tertiary/aromatic N) is 5. The number of nitrogen functional groups attached to an aromatic ring is 1. The number of azo groups is 1. The summed E-state index contributed by atoms with van der Waals surface area (Å²) in [7, 11) is 0. The first-order valence-corrected chi connectivity index (χ1v) is 14.1. The molecule has 258 valence electrons. The second-order valence-electron chi connectivity index (χ2n) is 10.2. The fourth-order valence-electron chi connectivity index (χ4n) is 3.57. The van der Waals surface area contributed by atoms with E-state index in [4.69, 9.17) is 36.6 Å². The first-order chi connectivity index (χ1) is 22.7. The van der Waals surface area contributed by atoms with Gasteiger partial charge in [-0.05, 0) is 135 Å². The Morgan fingerprint density at radius 3 is 1.57 bits per heavy atom. The molecule has 5 aromatic carbocycles. The molecular weight excluding hydrogens is 678 g/mol. The van der Waals surface area contributed by atoms with Gasteiger partial charge in [-0.1, -0.05) is 12.1 Å². The van der Waals surface area contributed by atoms with E-state index < -0.39 is 0 Å². The standard InChI is InChI=1S/C14H14N2O2.C7H6N2O.C7H9NO.C7H8O.HNO2.2Na.H2O/c1-9-8-12(17)4-5-13(9)16-15-11-3-6-14(18)10(2)7-11;1-5-4-6(9-8)2-3-7(5)10;1-5-4-6(8)2-3-7(5)9;1-6-3-2-4-7(8)5-6;2-1-3;;;/h3-8,17-18H,1-2H3;2-4H,1H3;2-4,9H,8H2,1H3;2-5,8H,1H3;(H,2,3);;;1H2/q;;;;;2*+1;/p-1. The van der Waals surface area contributed by atoms with E-state index in [-0.39, 0.29) is 81.8 Å². The van der Waals surface area contributed by atoms with Gasteiger partial charge >= 0.3 is 64.8 Å². The van der Waals surface area contributed by atoms with Gasteiger partial charge in [0.05, 0.1) is 11.4 Å². The molecule has 0 bridgehead atoms. The monoisotopic (exact) mass is 717 g/mol. The molecule has 0 aliphatic carbocycles. The summed E-state index contributed by atoms with van der Waals surface area (Å²) >= 11 is 0. The molecule has 16 heteroatoms. The summed E-state index contributed by atoms with van der Waals surface area (Å²) in [5.41, 5.74) is 12.2. The van der Waals surface area contributed by atoms with Crippen LogP contribution >= 0.6 is 0 Å². The molecule has 0 saturated carbocycles. The van der Waals surface area contributed by atoms with Gasteiger partial charge in [-0.3, -0.25) is 0 Å². The minimum atomic E-state index is 0. The third kappa shape index (κ3) is 20.5. The maximum Gasteiger partial charge on any atom is 1.00 e. The smallest absolute Gasteiger partial charge is 0.870 e. The molecular formula is C35H39N6Na2O8+. The average molecular weight is 718 g/mol. The second kappa shape index (κ2) is 27.1. The molecule has 0 atom stereocenters. The van der Waals surface area contributed by atoms with Gasteiger partial charge in [0.2, 0.25) is 5.39 Å². The number of aryl methyl sites for hydroxylation is 5. The van der Waals surface area contributed by atoms with Crippen molar-refractivity contribution in [2.45, 2.75) is 34.6 Å². The van der Waals surface area contributed by atoms with Crippen molar-refractivity contribution in [1.82, 2.24) is 0 Å². The summed E-state index contributed by atoms with van der Waals surface area (Å²) in [5, 5.41) is 71.0. The van der Waals surface area contributed by atoms with Crippen LogP contribution in [-0.2, 0) is 0 Å². The van der Waals surface area contributed by atoms with Crippen molar-refractivity contribution in [3.8, 4) is 28.7 Å². The zero-order valence-corrected chi connectivity index (χ0v) is 33.6. The molecule has 0 aliphatic rings. The van der Waals surface area contributed by atoms with Crippen LogP contribution in [0.5, 0.6) is 28.7 Å². The minimum Gasteiger partial charge on any atom is -0.870 e. The molecule has 0 amide bonds. The third-order valence-corrected chi connectivity index (χ3v) is 6.15. The van der Waals surface area contributed by atoms with E-state index in [1.807, 2.05) is 32.9 Å². The Bertz CT molecular complexity index is 1850. The number of hydrogen-bond donors (Lipinski definition) is 6. The largest absolute Gasteiger partial charge is 1.00 e. The van der Waals surface area contributed by atoms with E-state index in [9.17, 15) is 10.2 Å². The first-order valence-electron chi connectivity index (χ1n) is 14.1. The van der Waals surface area contributed by atoms with Crippen LogP contribution in [0.2, 0.25) is 0 Å². The van der Waals surface area contributed by atoms with Crippen molar-refractivity contribution in [3.05, 3.63) is 140 Å². The molecule has 0 aliphatic heterocycles. The Labute approximate surface area is 340 Å². The van der Waals surface area contributed by atoms with E-state index in [1.54, 1.807) is 86.6 Å². The van der Waals surface area contributed by atoms with Crippen LogP contribution in [0.15, 0.2) is 113 Å². The number of phenols is 5. The number of phenolic OH excluding ortho intramolecular Hbond substituents is 5. The van der Waals surface area contributed by atoms with Crippen LogP contribution in [0.3, 0.4) is 0 Å². The molecule has 0 aromatic heterocycles. The second-order valence-corrected chi connectivity index (χ2v) is 10.2. The van der Waals surface area contributed by atoms with Crippen molar-refractivity contribution >= 4 is 22.7 Å². The first kappa shape index (κ1) is 50.7. The van der Waals surface area contributed by atoms with Crippen molar-refractivity contribution in [1.29, 1.82) is 5.39 Å². The Kier molecular flexibility index (Phi) is 26.9. The van der Waals surface area contributed by atoms with Gasteiger partial charge in [0, 0.05) is 17.8 Å². The van der Waals surface area contributed by atoms with Gasteiger partial charge < -0.3 is 46.9 Å². The normalized spacial score (nSPS) is 8.94. The molecule has 0 heterocycles. The van der Waals surface area contributed by atoms with Crippen LogP contribution < -0.4 is 64.8 Å². The van der Waals surface area contributed by atoms with Crippen molar-refractivity contribution < 1.29 is 90.1 Å². The van der Waals surface area contributed by atoms with Gasteiger partial charge in [-0.15, -0.1) is 5.34 Å². The molecule has 5 aromatic rings. The fraction of sp³-hybridized carbons (Fsp3) is 0.143. The maximum atomic E-state index is 9.40. The van der Waals surface area contributed by atoms with Crippen molar-refractivity contribution in [3.63, 3.8) is 0 Å². The van der Waals surface area contributed by atoms with Gasteiger partial charge in [-0.25, -0.2) is 0 Å². The number of diazo groups is 1. The maximum absolute atomic E-state index is 9.40. The summed E-state index contributed by atoms with van der Waals surface area (Å²) in [6.07, 6.45) is 0. The number of benzene rings is 5. The van der Waals surface area contributed by atoms with Crippen LogP contribution in [0.1, 0.15) is 27.8 Å². The molecule has 0 saturated heterocycles. The number of aromatic hydroxyl groups is 5. The van der Waals surface area contributed by atoms with Crippen LogP contribution in [-0.4, -0.2) is 31.0 Å². The molecule has 0 radical (unpaired) electrons. The molecule has 0 spiro atoms. The third-order valence-electron chi connectivity index (χ3n) is 6.15. The van der Waals surface area contributed by atoms with Gasteiger partial charge in [0.15, 0.2) is 4.98 Å². The zero-order valence-electron chi connectivity index (χ0n) is 29.6. The number of anilines is 1. The van der Waals surface area contributed by atoms with Crippen molar-refractivity contribution in [2.75, 3.05) is 5.73 Å². The van der Waals surface area contributed by atoms with Crippen LogP contribution in [0, 0.1) is 50.1 Å². The quantitative estimate of drug-likeness (QED) is 0.0295. The topological polar surface area (TPSA) is 263 Å². The van der Waals surface area contributed by atoms with Gasteiger partial charge in [0.1, 0.15) is 28.7 Å². The van der Waals surface area contributed by atoms with Crippen molar-refractivity contribution in [2.24, 2.45) is 15.6 Å². The predicted octanol–water partition coefficient (Wildman–Crippen LogP) is 3.38. The van der Waals surface area contributed by atoms with E-state index >= 15 is 0 Å². The number of rotatable bonds is 2. The Balaban J connectivity index is -0.000000606. The number of nitrogens with two attached hydrogens (primary N) is 1. The minimum absolute atomic E-state index is 0. The molecule has 14 nitrogen and oxygen atoms in total. The average Bonchev–Trinajstić information content (AvgIpc) is 3.03. The van der Waals surface area contributed by atoms with Crippen LogP contribution in [0.25, 0.3) is 4.98 Å². The van der Waals surface area contributed by atoms with E-state index in [0.717, 1.165) is 27.6 Å². The number of hydrogen-bond acceptors (Lipinski definition) is 13. The Morgan fingerprint density at radius 2 is 1.14 bits per heavy atom. The molecule has 5 rings (SSSR count). The Hall–Kier alpha value is -4.72. The summed E-state index contributed by atoms with van der Waals surface area (Å²) in [6, 6.07) is 26.7. The van der Waals surface area contributed by atoms with E-state index in [1.165, 1.54) is 12.1 Å². The molecule has 51 heavy (non-hydrogen) atoms. The summed E-state index contributed by atoms with van der Waals surface area (Å²) < 4.78 is 0. The molecule has 8 N–H and O–H groups in total. The predicted molar refractivity (Wildman–Crippen MR) is 189 cm³/mol. The molecule has 0 fully saturated rings. The van der Waals surface area contributed by atoms with E-state index in [2.05, 4.69) is 15.2 Å². The van der Waals surface area contributed by atoms with Crippen LogP contribution in [0.4, 0.5) is 22.7 Å². The van der Waals surface area contributed by atoms with E-state index in [0.29, 0.717) is 39.8 Å². The van der Waals surface area contributed by atoms with Gasteiger partial charge in [0.25, 0.3) is 0 Å².